The molecule has 37 heavy (non-hydrogen) atoms. The van der Waals surface area contributed by atoms with Gasteiger partial charge in [-0.15, -0.1) is 0 Å². The van der Waals surface area contributed by atoms with Crippen LogP contribution < -0.4 is 4.74 Å². The zero-order chi connectivity index (χ0) is 26.0. The molecule has 0 atom stereocenters. The Labute approximate surface area is 214 Å². The van der Waals surface area contributed by atoms with Crippen LogP contribution in [0.25, 0.3) is 22.4 Å². The van der Waals surface area contributed by atoms with Gasteiger partial charge in [-0.05, 0) is 49.9 Å². The molecule has 0 spiro atoms. The van der Waals surface area contributed by atoms with Gasteiger partial charge in [-0.25, -0.2) is 4.98 Å². The van der Waals surface area contributed by atoms with E-state index in [4.69, 9.17) is 9.72 Å². The van der Waals surface area contributed by atoms with E-state index in [1.54, 1.807) is 19.2 Å². The first-order chi connectivity index (χ1) is 17.8. The lowest BCUT2D eigenvalue weighted by Gasteiger charge is -2.42. The number of pyridine rings is 1. The molecule has 5 rings (SSSR count). The Bertz CT molecular complexity index is 1210. The van der Waals surface area contributed by atoms with Crippen molar-refractivity contribution in [3.05, 3.63) is 42.2 Å². The van der Waals surface area contributed by atoms with Crippen molar-refractivity contribution in [1.82, 2.24) is 19.4 Å². The van der Waals surface area contributed by atoms with Crippen molar-refractivity contribution in [2.45, 2.75) is 89.0 Å². The predicted octanol–water partition coefficient (Wildman–Crippen LogP) is 6.62. The molecule has 1 amide bonds. The quantitative estimate of drug-likeness (QED) is 0.371. The SMILES string of the molecule is COc1ccc2nc(-c3ccc(C(F)(F)F)nc3)n(CC(=O)N(C3CCCCC3)C3CCCCC3)c2c1. The second-order valence-corrected chi connectivity index (χ2v) is 10.2. The molecule has 0 aliphatic heterocycles. The Morgan fingerprint density at radius 3 is 2.19 bits per heavy atom. The summed E-state index contributed by atoms with van der Waals surface area (Å²) in [4.78, 5) is 24.5. The van der Waals surface area contributed by atoms with Gasteiger partial charge in [-0.3, -0.25) is 9.78 Å². The minimum Gasteiger partial charge on any atom is -0.497 e. The fourth-order valence-corrected chi connectivity index (χ4v) is 5.94. The van der Waals surface area contributed by atoms with Gasteiger partial charge in [0, 0.05) is 29.9 Å². The zero-order valence-electron chi connectivity index (χ0n) is 21.1. The zero-order valence-corrected chi connectivity index (χ0v) is 21.1. The van der Waals surface area contributed by atoms with Gasteiger partial charge in [0.2, 0.25) is 5.91 Å². The number of rotatable bonds is 6. The molecule has 2 aromatic heterocycles. The molecule has 198 valence electrons. The van der Waals surface area contributed by atoms with Crippen LogP contribution in [-0.4, -0.2) is 44.5 Å². The minimum absolute atomic E-state index is 0.0436. The molecule has 9 heteroatoms. The van der Waals surface area contributed by atoms with Crippen molar-refractivity contribution in [2.75, 3.05) is 7.11 Å². The van der Waals surface area contributed by atoms with Gasteiger partial charge in [0.1, 0.15) is 23.8 Å². The molecule has 0 bridgehead atoms. The second-order valence-electron chi connectivity index (χ2n) is 10.2. The number of alkyl halides is 3. The number of carbonyl (C=O) groups is 1. The van der Waals surface area contributed by atoms with E-state index in [-0.39, 0.29) is 24.5 Å². The number of ether oxygens (including phenoxy) is 1. The normalized spacial score (nSPS) is 17.7. The molecule has 2 fully saturated rings. The molecule has 3 aromatic rings. The van der Waals surface area contributed by atoms with Crippen LogP contribution in [0.15, 0.2) is 36.5 Å². The van der Waals surface area contributed by atoms with Crippen LogP contribution in [0.1, 0.15) is 69.9 Å². The van der Waals surface area contributed by atoms with Gasteiger partial charge in [0.25, 0.3) is 0 Å². The number of carbonyl (C=O) groups excluding carboxylic acids is 1. The Morgan fingerprint density at radius 1 is 1.00 bits per heavy atom. The highest BCUT2D eigenvalue weighted by atomic mass is 19.4. The van der Waals surface area contributed by atoms with E-state index in [0.29, 0.717) is 28.2 Å². The monoisotopic (exact) mass is 514 g/mol. The van der Waals surface area contributed by atoms with E-state index in [2.05, 4.69) is 9.88 Å². The third kappa shape index (κ3) is 5.45. The van der Waals surface area contributed by atoms with E-state index in [1.807, 2.05) is 10.6 Å². The topological polar surface area (TPSA) is 60.3 Å². The average molecular weight is 515 g/mol. The molecule has 1 aromatic carbocycles. The largest absolute Gasteiger partial charge is 0.497 e. The third-order valence-electron chi connectivity index (χ3n) is 7.79. The fourth-order valence-electron chi connectivity index (χ4n) is 5.94. The number of imidazole rings is 1. The van der Waals surface area contributed by atoms with Crippen LogP contribution in [0, 0.1) is 0 Å². The molecule has 0 N–H and O–H groups in total. The Balaban J connectivity index is 1.54. The number of aromatic nitrogens is 3. The van der Waals surface area contributed by atoms with Crippen molar-refractivity contribution in [3.63, 3.8) is 0 Å². The number of nitrogens with zero attached hydrogens (tertiary/aromatic N) is 4. The smallest absolute Gasteiger partial charge is 0.433 e. The highest BCUT2D eigenvalue weighted by molar-refractivity contribution is 5.85. The Kier molecular flexibility index (Phi) is 7.40. The number of amides is 1. The minimum atomic E-state index is -4.53. The molecule has 2 aliphatic carbocycles. The lowest BCUT2D eigenvalue weighted by molar-refractivity contribution is -0.141. The molecule has 0 radical (unpaired) electrons. The van der Waals surface area contributed by atoms with E-state index < -0.39 is 11.9 Å². The van der Waals surface area contributed by atoms with E-state index in [9.17, 15) is 18.0 Å². The molecule has 0 saturated heterocycles. The third-order valence-corrected chi connectivity index (χ3v) is 7.79. The van der Waals surface area contributed by atoms with Crippen LogP contribution in [0.2, 0.25) is 0 Å². The van der Waals surface area contributed by atoms with Gasteiger partial charge in [0.05, 0.1) is 18.1 Å². The maximum absolute atomic E-state index is 14.1. The van der Waals surface area contributed by atoms with Crippen LogP contribution in [-0.2, 0) is 17.5 Å². The summed E-state index contributed by atoms with van der Waals surface area (Å²) in [6, 6.07) is 8.22. The number of hydrogen-bond donors (Lipinski definition) is 0. The van der Waals surface area contributed by atoms with Gasteiger partial charge in [-0.1, -0.05) is 38.5 Å². The molecular weight excluding hydrogens is 481 g/mol. The highest BCUT2D eigenvalue weighted by Crippen LogP contribution is 2.33. The first kappa shape index (κ1) is 25.5. The van der Waals surface area contributed by atoms with Gasteiger partial charge < -0.3 is 14.2 Å². The summed E-state index contributed by atoms with van der Waals surface area (Å²) in [5.41, 5.74) is 0.815. The first-order valence-corrected chi connectivity index (χ1v) is 13.2. The lowest BCUT2D eigenvalue weighted by Crippen LogP contribution is -2.50. The summed E-state index contributed by atoms with van der Waals surface area (Å²) in [6.07, 6.45) is 7.71. The number of fused-ring (bicyclic) bond motifs is 1. The van der Waals surface area contributed by atoms with Crippen molar-refractivity contribution in [2.24, 2.45) is 0 Å². The van der Waals surface area contributed by atoms with Gasteiger partial charge in [0.15, 0.2) is 0 Å². The average Bonchev–Trinajstić information content (AvgIpc) is 3.27. The van der Waals surface area contributed by atoms with Crippen LogP contribution in [0.3, 0.4) is 0 Å². The standard InChI is InChI=1S/C28H33F3N4O2/c1-37-22-13-14-23-24(16-22)34(27(33-23)19-12-15-25(32-17-19)28(29,30)31)18-26(36)35(20-8-4-2-5-9-20)21-10-6-3-7-11-21/h12-17,20-21H,2-11,18H2,1H3. The summed E-state index contributed by atoms with van der Waals surface area (Å²) >= 11 is 0. The fraction of sp³-hybridized carbons (Fsp3) is 0.536. The Hall–Kier alpha value is -3.10. The van der Waals surface area contributed by atoms with E-state index in [1.165, 1.54) is 25.1 Å². The van der Waals surface area contributed by atoms with E-state index in [0.717, 1.165) is 57.4 Å². The van der Waals surface area contributed by atoms with Crippen molar-refractivity contribution < 1.29 is 22.7 Å². The summed E-state index contributed by atoms with van der Waals surface area (Å²) in [5, 5.41) is 0. The van der Waals surface area contributed by atoms with Crippen molar-refractivity contribution in [1.29, 1.82) is 0 Å². The molecular formula is C28H33F3N4O2. The number of benzene rings is 1. The first-order valence-electron chi connectivity index (χ1n) is 13.2. The molecule has 2 heterocycles. The Morgan fingerprint density at radius 2 is 1.65 bits per heavy atom. The molecule has 6 nitrogen and oxygen atoms in total. The maximum Gasteiger partial charge on any atom is 0.433 e. The van der Waals surface area contributed by atoms with Crippen molar-refractivity contribution in [3.8, 4) is 17.1 Å². The van der Waals surface area contributed by atoms with Gasteiger partial charge in [-0.2, -0.15) is 13.2 Å². The number of halogens is 3. The van der Waals surface area contributed by atoms with Gasteiger partial charge >= 0.3 is 6.18 Å². The lowest BCUT2D eigenvalue weighted by atomic mass is 9.88. The van der Waals surface area contributed by atoms with Crippen LogP contribution in [0.4, 0.5) is 13.2 Å². The predicted molar refractivity (Wildman–Crippen MR) is 135 cm³/mol. The van der Waals surface area contributed by atoms with E-state index >= 15 is 0 Å². The summed E-state index contributed by atoms with van der Waals surface area (Å²) < 4.78 is 46.6. The highest BCUT2D eigenvalue weighted by Gasteiger charge is 2.34. The summed E-state index contributed by atoms with van der Waals surface area (Å²) in [7, 11) is 1.57. The molecule has 0 unspecified atom stereocenters. The molecule has 2 saturated carbocycles. The van der Waals surface area contributed by atoms with Crippen molar-refractivity contribution >= 4 is 16.9 Å². The van der Waals surface area contributed by atoms with Crippen LogP contribution in [0.5, 0.6) is 5.75 Å². The summed E-state index contributed by atoms with van der Waals surface area (Å²) in [6.45, 7) is 0.0625. The number of methoxy groups -OCH3 is 1. The van der Waals surface area contributed by atoms with Crippen LogP contribution >= 0.6 is 0 Å². The maximum atomic E-state index is 14.1. The number of hydrogen-bond acceptors (Lipinski definition) is 4. The molecule has 2 aliphatic rings. The summed E-state index contributed by atoms with van der Waals surface area (Å²) in [5.74, 6) is 1.08. The second kappa shape index (κ2) is 10.7.